The van der Waals surface area contributed by atoms with E-state index in [4.69, 9.17) is 14.6 Å². The van der Waals surface area contributed by atoms with Crippen molar-refractivity contribution < 1.29 is 24.2 Å². The van der Waals surface area contributed by atoms with Gasteiger partial charge < -0.3 is 19.9 Å². The Kier molecular flexibility index (Phi) is 5.18. The molecule has 0 bridgehead atoms. The molecule has 0 aliphatic heterocycles. The van der Waals surface area contributed by atoms with Gasteiger partial charge in [0.15, 0.2) is 11.5 Å². The molecule has 0 heterocycles. The highest BCUT2D eigenvalue weighted by molar-refractivity contribution is 5.90. The largest absolute Gasteiger partial charge is 0.493 e. The van der Waals surface area contributed by atoms with Gasteiger partial charge in [-0.1, -0.05) is 6.07 Å². The second-order valence-corrected chi connectivity index (χ2v) is 5.23. The standard InChI is InChI=1S/C15H21NO5/c1-9(13(17)18)16-14(19)15(2,3)10-6-7-11(20-4)12(8-10)21-5/h6-9H,1-5H3,(H,16,19)(H,17,18). The van der Waals surface area contributed by atoms with Crippen LogP contribution in [0.5, 0.6) is 11.5 Å². The molecular weight excluding hydrogens is 274 g/mol. The first-order valence-electron chi connectivity index (χ1n) is 6.50. The van der Waals surface area contributed by atoms with Crippen molar-refractivity contribution >= 4 is 11.9 Å². The van der Waals surface area contributed by atoms with E-state index in [0.717, 1.165) is 0 Å². The Morgan fingerprint density at radius 2 is 1.76 bits per heavy atom. The predicted octanol–water partition coefficient (Wildman–Crippen LogP) is 1.57. The molecule has 1 amide bonds. The highest BCUT2D eigenvalue weighted by Crippen LogP contribution is 2.33. The van der Waals surface area contributed by atoms with Crippen LogP contribution < -0.4 is 14.8 Å². The minimum Gasteiger partial charge on any atom is -0.493 e. The Balaban J connectivity index is 3.06. The van der Waals surface area contributed by atoms with Gasteiger partial charge >= 0.3 is 5.97 Å². The maximum Gasteiger partial charge on any atom is 0.325 e. The first kappa shape index (κ1) is 16.8. The van der Waals surface area contributed by atoms with Gasteiger partial charge in [-0.25, -0.2) is 0 Å². The lowest BCUT2D eigenvalue weighted by Gasteiger charge is -2.26. The lowest BCUT2D eigenvalue weighted by molar-refractivity contribution is -0.142. The van der Waals surface area contributed by atoms with Crippen LogP contribution in [0.2, 0.25) is 0 Å². The number of aliphatic carboxylic acids is 1. The van der Waals surface area contributed by atoms with Crippen LogP contribution in [0.4, 0.5) is 0 Å². The maximum absolute atomic E-state index is 12.3. The van der Waals surface area contributed by atoms with E-state index < -0.39 is 17.4 Å². The van der Waals surface area contributed by atoms with E-state index in [1.165, 1.54) is 21.1 Å². The second-order valence-electron chi connectivity index (χ2n) is 5.23. The Morgan fingerprint density at radius 1 is 1.19 bits per heavy atom. The molecule has 6 nitrogen and oxygen atoms in total. The highest BCUT2D eigenvalue weighted by atomic mass is 16.5. The fourth-order valence-corrected chi connectivity index (χ4v) is 1.79. The number of carboxylic acids is 1. The van der Waals surface area contributed by atoms with Crippen molar-refractivity contribution in [3.63, 3.8) is 0 Å². The minimum absolute atomic E-state index is 0.371. The van der Waals surface area contributed by atoms with Crippen LogP contribution in [0.15, 0.2) is 18.2 Å². The number of nitrogens with one attached hydrogen (secondary N) is 1. The van der Waals surface area contributed by atoms with Crippen LogP contribution in [0, 0.1) is 0 Å². The average molecular weight is 295 g/mol. The zero-order valence-electron chi connectivity index (χ0n) is 12.9. The smallest absolute Gasteiger partial charge is 0.325 e. The second kappa shape index (κ2) is 6.47. The van der Waals surface area contributed by atoms with Crippen molar-refractivity contribution in [2.24, 2.45) is 0 Å². The van der Waals surface area contributed by atoms with Crippen molar-refractivity contribution in [3.05, 3.63) is 23.8 Å². The lowest BCUT2D eigenvalue weighted by atomic mass is 9.83. The van der Waals surface area contributed by atoms with Crippen molar-refractivity contribution in [1.29, 1.82) is 0 Å². The zero-order valence-corrected chi connectivity index (χ0v) is 12.9. The van der Waals surface area contributed by atoms with Crippen molar-refractivity contribution in [3.8, 4) is 11.5 Å². The summed E-state index contributed by atoms with van der Waals surface area (Å²) >= 11 is 0. The average Bonchev–Trinajstić information content (AvgIpc) is 2.45. The van der Waals surface area contributed by atoms with Gasteiger partial charge in [-0.2, -0.15) is 0 Å². The fraction of sp³-hybridized carbons (Fsp3) is 0.467. The molecule has 116 valence electrons. The Hall–Kier alpha value is -2.24. The molecule has 6 heteroatoms. The Bertz CT molecular complexity index is 539. The van der Waals surface area contributed by atoms with E-state index >= 15 is 0 Å². The van der Waals surface area contributed by atoms with Crippen molar-refractivity contribution in [2.45, 2.75) is 32.2 Å². The first-order chi connectivity index (χ1) is 9.73. The number of amides is 1. The van der Waals surface area contributed by atoms with Crippen LogP contribution in [0.1, 0.15) is 26.3 Å². The molecule has 0 aromatic heterocycles. The fourth-order valence-electron chi connectivity index (χ4n) is 1.79. The molecule has 0 aliphatic rings. The Labute approximate surface area is 124 Å². The summed E-state index contributed by atoms with van der Waals surface area (Å²) in [5.41, 5.74) is -0.196. The van der Waals surface area contributed by atoms with Gasteiger partial charge in [-0.05, 0) is 38.5 Å². The van der Waals surface area contributed by atoms with E-state index in [9.17, 15) is 9.59 Å². The summed E-state index contributed by atoms with van der Waals surface area (Å²) in [7, 11) is 3.05. The molecule has 1 aromatic rings. The van der Waals surface area contributed by atoms with E-state index in [2.05, 4.69) is 5.32 Å². The molecule has 1 aromatic carbocycles. The van der Waals surface area contributed by atoms with Crippen molar-refractivity contribution in [1.82, 2.24) is 5.32 Å². The van der Waals surface area contributed by atoms with Crippen LogP contribution >= 0.6 is 0 Å². The van der Waals surface area contributed by atoms with Crippen LogP contribution in [0.25, 0.3) is 0 Å². The third-order valence-corrected chi connectivity index (χ3v) is 3.39. The molecule has 0 aliphatic carbocycles. The first-order valence-corrected chi connectivity index (χ1v) is 6.50. The molecule has 0 spiro atoms. The van der Waals surface area contributed by atoms with Gasteiger partial charge in [0.05, 0.1) is 19.6 Å². The molecule has 0 saturated carbocycles. The van der Waals surface area contributed by atoms with Gasteiger partial charge in [-0.15, -0.1) is 0 Å². The van der Waals surface area contributed by atoms with Crippen molar-refractivity contribution in [2.75, 3.05) is 14.2 Å². The third-order valence-electron chi connectivity index (χ3n) is 3.39. The van der Waals surface area contributed by atoms with E-state index in [0.29, 0.717) is 17.1 Å². The number of benzene rings is 1. The van der Waals surface area contributed by atoms with Gasteiger partial charge in [0.1, 0.15) is 6.04 Å². The SMILES string of the molecule is COc1ccc(C(C)(C)C(=O)NC(C)C(=O)O)cc1OC. The minimum atomic E-state index is -1.08. The molecular formula is C15H21NO5. The third kappa shape index (κ3) is 3.65. The molecule has 1 rings (SSSR count). The van der Waals surface area contributed by atoms with Gasteiger partial charge in [-0.3, -0.25) is 9.59 Å². The van der Waals surface area contributed by atoms with Crippen LogP contribution in [-0.4, -0.2) is 37.2 Å². The summed E-state index contributed by atoms with van der Waals surface area (Å²) in [4.78, 5) is 23.1. The summed E-state index contributed by atoms with van der Waals surface area (Å²) in [5.74, 6) is -0.366. The number of carbonyl (C=O) groups excluding carboxylic acids is 1. The quantitative estimate of drug-likeness (QED) is 0.832. The summed E-state index contributed by atoms with van der Waals surface area (Å²) < 4.78 is 10.4. The zero-order chi connectivity index (χ0) is 16.2. The molecule has 0 saturated heterocycles. The Morgan fingerprint density at radius 3 is 2.24 bits per heavy atom. The lowest BCUT2D eigenvalue weighted by Crippen LogP contribution is -2.47. The normalized spacial score (nSPS) is 12.4. The van der Waals surface area contributed by atoms with Crippen LogP contribution in [-0.2, 0) is 15.0 Å². The number of ether oxygens (including phenoxy) is 2. The summed E-state index contributed by atoms with van der Waals surface area (Å²) in [6.45, 7) is 4.86. The molecule has 21 heavy (non-hydrogen) atoms. The number of hydrogen-bond donors (Lipinski definition) is 2. The van der Waals surface area contributed by atoms with E-state index in [1.807, 2.05) is 0 Å². The predicted molar refractivity (Wildman–Crippen MR) is 77.8 cm³/mol. The maximum atomic E-state index is 12.3. The van der Waals surface area contributed by atoms with Gasteiger partial charge in [0.25, 0.3) is 0 Å². The monoisotopic (exact) mass is 295 g/mol. The van der Waals surface area contributed by atoms with Gasteiger partial charge in [0, 0.05) is 0 Å². The highest BCUT2D eigenvalue weighted by Gasteiger charge is 2.32. The summed E-state index contributed by atoms with van der Waals surface area (Å²) in [6, 6.07) is 4.23. The summed E-state index contributed by atoms with van der Waals surface area (Å²) in [5, 5.41) is 11.3. The molecule has 2 N–H and O–H groups in total. The topological polar surface area (TPSA) is 84.9 Å². The van der Waals surface area contributed by atoms with Gasteiger partial charge in [0.2, 0.25) is 5.91 Å². The van der Waals surface area contributed by atoms with E-state index in [1.54, 1.807) is 32.0 Å². The number of rotatable bonds is 6. The molecule has 1 unspecified atom stereocenters. The molecule has 1 atom stereocenters. The number of methoxy groups -OCH3 is 2. The number of carbonyl (C=O) groups is 2. The number of hydrogen-bond acceptors (Lipinski definition) is 4. The number of carboxylic acid groups (broad SMARTS) is 1. The summed E-state index contributed by atoms with van der Waals surface area (Å²) in [6.07, 6.45) is 0. The van der Waals surface area contributed by atoms with Crippen LogP contribution in [0.3, 0.4) is 0 Å². The van der Waals surface area contributed by atoms with E-state index in [-0.39, 0.29) is 5.91 Å². The molecule has 0 radical (unpaired) electrons. The molecule has 0 fully saturated rings.